The molecule has 23 heavy (non-hydrogen) atoms. The standard InChI is InChI=1S/C18H25N5/c1-3-8-19-18-20-9-7-17(21-18)23-12-10-22(11-13-23)16-6-4-5-15(2)14-16/h4-7,9,14H,3,8,10-13H2,1-2H3,(H,19,20,21). The molecular weight excluding hydrogens is 286 g/mol. The van der Waals surface area contributed by atoms with E-state index in [9.17, 15) is 0 Å². The lowest BCUT2D eigenvalue weighted by molar-refractivity contribution is 0.647. The molecule has 0 spiro atoms. The average Bonchev–Trinajstić information content (AvgIpc) is 2.60. The highest BCUT2D eigenvalue weighted by atomic mass is 15.3. The smallest absolute Gasteiger partial charge is 0.224 e. The molecule has 1 N–H and O–H groups in total. The van der Waals surface area contributed by atoms with Gasteiger partial charge in [0, 0.05) is 44.6 Å². The summed E-state index contributed by atoms with van der Waals surface area (Å²) < 4.78 is 0. The molecule has 0 unspecified atom stereocenters. The SMILES string of the molecule is CCCNc1nccc(N2CCN(c3cccc(C)c3)CC2)n1. The predicted molar refractivity (Wildman–Crippen MR) is 96.4 cm³/mol. The summed E-state index contributed by atoms with van der Waals surface area (Å²) in [5.41, 5.74) is 2.63. The maximum atomic E-state index is 4.63. The summed E-state index contributed by atoms with van der Waals surface area (Å²) in [6.07, 6.45) is 2.91. The Morgan fingerprint density at radius 3 is 2.61 bits per heavy atom. The van der Waals surface area contributed by atoms with Crippen molar-refractivity contribution in [1.82, 2.24) is 9.97 Å². The topological polar surface area (TPSA) is 44.3 Å². The molecule has 1 saturated heterocycles. The molecule has 1 aromatic heterocycles. The number of nitrogens with zero attached hydrogens (tertiary/aromatic N) is 4. The minimum Gasteiger partial charge on any atom is -0.368 e. The second-order valence-corrected chi connectivity index (χ2v) is 5.98. The van der Waals surface area contributed by atoms with Crippen LogP contribution in [-0.4, -0.2) is 42.7 Å². The lowest BCUT2D eigenvalue weighted by atomic mass is 10.2. The molecule has 0 atom stereocenters. The molecule has 0 amide bonds. The zero-order chi connectivity index (χ0) is 16.1. The van der Waals surface area contributed by atoms with E-state index in [-0.39, 0.29) is 0 Å². The second-order valence-electron chi connectivity index (χ2n) is 5.98. The number of aryl methyl sites for hydroxylation is 1. The van der Waals surface area contributed by atoms with E-state index < -0.39 is 0 Å². The minimum absolute atomic E-state index is 0.727. The summed E-state index contributed by atoms with van der Waals surface area (Å²) in [6, 6.07) is 10.7. The van der Waals surface area contributed by atoms with Crippen molar-refractivity contribution in [1.29, 1.82) is 0 Å². The maximum absolute atomic E-state index is 4.63. The van der Waals surface area contributed by atoms with Gasteiger partial charge in [-0.3, -0.25) is 0 Å². The van der Waals surface area contributed by atoms with E-state index in [0.29, 0.717) is 0 Å². The minimum atomic E-state index is 0.727. The summed E-state index contributed by atoms with van der Waals surface area (Å²) in [7, 11) is 0. The number of benzene rings is 1. The summed E-state index contributed by atoms with van der Waals surface area (Å²) >= 11 is 0. The van der Waals surface area contributed by atoms with Gasteiger partial charge in [-0.05, 0) is 37.1 Å². The van der Waals surface area contributed by atoms with E-state index in [1.807, 2.05) is 12.3 Å². The van der Waals surface area contributed by atoms with E-state index >= 15 is 0 Å². The Bertz CT molecular complexity index is 635. The largest absolute Gasteiger partial charge is 0.368 e. The number of hydrogen-bond donors (Lipinski definition) is 1. The van der Waals surface area contributed by atoms with Crippen LogP contribution in [0.2, 0.25) is 0 Å². The normalized spacial score (nSPS) is 14.9. The Hall–Kier alpha value is -2.30. The van der Waals surface area contributed by atoms with E-state index in [1.54, 1.807) is 0 Å². The van der Waals surface area contributed by atoms with Crippen LogP contribution in [-0.2, 0) is 0 Å². The highest BCUT2D eigenvalue weighted by Gasteiger charge is 2.18. The van der Waals surface area contributed by atoms with Crippen LogP contribution in [0.25, 0.3) is 0 Å². The van der Waals surface area contributed by atoms with Gasteiger partial charge in [-0.15, -0.1) is 0 Å². The van der Waals surface area contributed by atoms with Crippen LogP contribution < -0.4 is 15.1 Å². The first kappa shape index (κ1) is 15.6. The number of nitrogens with one attached hydrogen (secondary N) is 1. The van der Waals surface area contributed by atoms with Crippen LogP contribution in [0.15, 0.2) is 36.5 Å². The van der Waals surface area contributed by atoms with Crippen molar-refractivity contribution in [2.75, 3.05) is 47.8 Å². The van der Waals surface area contributed by atoms with Crippen molar-refractivity contribution in [3.05, 3.63) is 42.1 Å². The monoisotopic (exact) mass is 311 g/mol. The fourth-order valence-corrected chi connectivity index (χ4v) is 2.87. The van der Waals surface area contributed by atoms with Crippen molar-refractivity contribution < 1.29 is 0 Å². The van der Waals surface area contributed by atoms with Crippen molar-refractivity contribution in [2.24, 2.45) is 0 Å². The van der Waals surface area contributed by atoms with Gasteiger partial charge >= 0.3 is 0 Å². The van der Waals surface area contributed by atoms with E-state index in [1.165, 1.54) is 11.3 Å². The second kappa shape index (κ2) is 7.31. The summed E-state index contributed by atoms with van der Waals surface area (Å²) in [4.78, 5) is 13.7. The van der Waals surface area contributed by atoms with Gasteiger partial charge in [0.2, 0.25) is 5.95 Å². The first-order chi connectivity index (χ1) is 11.3. The molecule has 0 saturated carbocycles. The van der Waals surface area contributed by atoms with Crippen molar-refractivity contribution in [2.45, 2.75) is 20.3 Å². The van der Waals surface area contributed by atoms with Crippen LogP contribution >= 0.6 is 0 Å². The zero-order valence-corrected chi connectivity index (χ0v) is 14.0. The van der Waals surface area contributed by atoms with Crippen LogP contribution in [0.5, 0.6) is 0 Å². The van der Waals surface area contributed by atoms with Gasteiger partial charge in [-0.2, -0.15) is 4.98 Å². The Balaban J connectivity index is 1.62. The fourth-order valence-electron chi connectivity index (χ4n) is 2.87. The highest BCUT2D eigenvalue weighted by molar-refractivity contribution is 5.51. The number of rotatable bonds is 5. The highest BCUT2D eigenvalue weighted by Crippen LogP contribution is 2.20. The van der Waals surface area contributed by atoms with Crippen LogP contribution in [0.3, 0.4) is 0 Å². The average molecular weight is 311 g/mol. The third kappa shape index (κ3) is 3.92. The Morgan fingerprint density at radius 2 is 1.87 bits per heavy atom. The number of hydrogen-bond acceptors (Lipinski definition) is 5. The van der Waals surface area contributed by atoms with Gasteiger partial charge in [0.15, 0.2) is 0 Å². The molecule has 1 aliphatic heterocycles. The van der Waals surface area contributed by atoms with Crippen LogP contribution in [0, 0.1) is 6.92 Å². The molecule has 5 nitrogen and oxygen atoms in total. The molecule has 1 aliphatic rings. The first-order valence-corrected chi connectivity index (χ1v) is 8.40. The van der Waals surface area contributed by atoms with Gasteiger partial charge in [-0.1, -0.05) is 19.1 Å². The Kier molecular flexibility index (Phi) is 4.95. The molecule has 2 aromatic rings. The summed E-state index contributed by atoms with van der Waals surface area (Å²) in [5.74, 6) is 1.74. The molecule has 0 aliphatic carbocycles. The van der Waals surface area contributed by atoms with Gasteiger partial charge in [0.1, 0.15) is 5.82 Å². The van der Waals surface area contributed by atoms with Crippen molar-refractivity contribution in [3.8, 4) is 0 Å². The van der Waals surface area contributed by atoms with Gasteiger partial charge in [-0.25, -0.2) is 4.98 Å². The van der Waals surface area contributed by atoms with E-state index in [2.05, 4.69) is 63.2 Å². The van der Waals surface area contributed by atoms with Crippen LogP contribution in [0.1, 0.15) is 18.9 Å². The third-order valence-corrected chi connectivity index (χ3v) is 4.14. The van der Waals surface area contributed by atoms with Gasteiger partial charge in [0.25, 0.3) is 0 Å². The number of anilines is 3. The fraction of sp³-hybridized carbons (Fsp3) is 0.444. The number of aromatic nitrogens is 2. The Morgan fingerprint density at radius 1 is 1.09 bits per heavy atom. The molecular formula is C18H25N5. The first-order valence-electron chi connectivity index (χ1n) is 8.40. The zero-order valence-electron chi connectivity index (χ0n) is 14.0. The predicted octanol–water partition coefficient (Wildman–Crippen LogP) is 2.93. The van der Waals surface area contributed by atoms with Gasteiger partial charge in [0.05, 0.1) is 0 Å². The Labute approximate surface area is 138 Å². The number of piperazine rings is 1. The molecule has 5 heteroatoms. The van der Waals surface area contributed by atoms with E-state index in [0.717, 1.165) is 50.9 Å². The third-order valence-electron chi connectivity index (χ3n) is 4.14. The van der Waals surface area contributed by atoms with Gasteiger partial charge < -0.3 is 15.1 Å². The quantitative estimate of drug-likeness (QED) is 0.920. The summed E-state index contributed by atoms with van der Waals surface area (Å²) in [5, 5.41) is 3.26. The molecule has 0 radical (unpaired) electrons. The van der Waals surface area contributed by atoms with E-state index in [4.69, 9.17) is 0 Å². The van der Waals surface area contributed by atoms with Crippen molar-refractivity contribution in [3.63, 3.8) is 0 Å². The lowest BCUT2D eigenvalue weighted by Gasteiger charge is -2.36. The van der Waals surface area contributed by atoms with Crippen molar-refractivity contribution >= 4 is 17.5 Å². The maximum Gasteiger partial charge on any atom is 0.224 e. The molecule has 1 fully saturated rings. The molecule has 2 heterocycles. The molecule has 122 valence electrons. The summed E-state index contributed by atoms with van der Waals surface area (Å²) in [6.45, 7) is 9.20. The molecule has 0 bridgehead atoms. The lowest BCUT2D eigenvalue weighted by Crippen LogP contribution is -2.46. The molecule has 3 rings (SSSR count). The van der Waals surface area contributed by atoms with Crippen LogP contribution in [0.4, 0.5) is 17.5 Å². The molecule has 1 aromatic carbocycles.